The van der Waals surface area contributed by atoms with E-state index < -0.39 is 0 Å². The Balaban J connectivity index is 2.24. The van der Waals surface area contributed by atoms with E-state index in [0.29, 0.717) is 0 Å². The first-order chi connectivity index (χ1) is 4.84. The average molecular weight is 141 g/mol. The van der Waals surface area contributed by atoms with Gasteiger partial charge in [-0.2, -0.15) is 0 Å². The van der Waals surface area contributed by atoms with Crippen LogP contribution in [-0.4, -0.2) is 13.1 Å². The van der Waals surface area contributed by atoms with Gasteiger partial charge in [0.15, 0.2) is 0 Å². The molecular formula is C9H19N. The third kappa shape index (κ3) is 1.98. The molecule has 1 nitrogen and oxygen atoms in total. The number of nitrogens with one attached hydrogen (secondary N) is 1. The Morgan fingerprint density at radius 1 is 1.20 bits per heavy atom. The Hall–Kier alpha value is -0.0400. The van der Waals surface area contributed by atoms with Crippen LogP contribution in [-0.2, 0) is 0 Å². The van der Waals surface area contributed by atoms with Gasteiger partial charge in [-0.3, -0.25) is 0 Å². The number of hydrogen-bond donors (Lipinski definition) is 1. The number of rotatable bonds is 2. The fourth-order valence-corrected chi connectivity index (χ4v) is 1.87. The molecule has 0 aliphatic heterocycles. The van der Waals surface area contributed by atoms with Crippen molar-refractivity contribution in [3.8, 4) is 0 Å². The molecule has 0 heterocycles. The molecule has 1 aliphatic carbocycles. The van der Waals surface area contributed by atoms with Crippen molar-refractivity contribution in [2.45, 2.75) is 45.1 Å². The predicted molar refractivity (Wildman–Crippen MR) is 45.1 cm³/mol. The standard InChI is InChI=1S/C9H19N/c1-8(10-2)9-6-4-3-5-7-9/h8-10H,3-7H2,1-2H3/t8-/m0/s1. The quantitative estimate of drug-likeness (QED) is 0.621. The second-order valence-corrected chi connectivity index (χ2v) is 3.48. The molecule has 0 unspecified atom stereocenters. The van der Waals surface area contributed by atoms with Crippen LogP contribution < -0.4 is 5.32 Å². The van der Waals surface area contributed by atoms with Crippen LogP contribution in [0.3, 0.4) is 0 Å². The van der Waals surface area contributed by atoms with Gasteiger partial charge in [0.2, 0.25) is 0 Å². The van der Waals surface area contributed by atoms with E-state index in [1.165, 1.54) is 32.1 Å². The first-order valence-corrected chi connectivity index (χ1v) is 4.52. The molecule has 0 saturated heterocycles. The van der Waals surface area contributed by atoms with E-state index in [1.54, 1.807) is 0 Å². The van der Waals surface area contributed by atoms with Crippen molar-refractivity contribution < 1.29 is 0 Å². The summed E-state index contributed by atoms with van der Waals surface area (Å²) in [6.45, 7) is 2.30. The summed E-state index contributed by atoms with van der Waals surface area (Å²) in [4.78, 5) is 0. The van der Waals surface area contributed by atoms with E-state index in [-0.39, 0.29) is 0 Å². The van der Waals surface area contributed by atoms with Gasteiger partial charge in [0.25, 0.3) is 0 Å². The third-order valence-electron chi connectivity index (χ3n) is 2.81. The molecule has 1 aliphatic rings. The van der Waals surface area contributed by atoms with Gasteiger partial charge in [-0.15, -0.1) is 0 Å². The Labute approximate surface area is 64.2 Å². The normalized spacial score (nSPS) is 24.6. The van der Waals surface area contributed by atoms with Crippen LogP contribution in [0.5, 0.6) is 0 Å². The zero-order chi connectivity index (χ0) is 7.40. The van der Waals surface area contributed by atoms with Crippen molar-refractivity contribution >= 4 is 0 Å². The molecule has 10 heavy (non-hydrogen) atoms. The van der Waals surface area contributed by atoms with Gasteiger partial charge >= 0.3 is 0 Å². The smallest absolute Gasteiger partial charge is 0.00639 e. The molecule has 0 radical (unpaired) electrons. The first-order valence-electron chi connectivity index (χ1n) is 4.52. The van der Waals surface area contributed by atoms with Crippen molar-refractivity contribution in [3.05, 3.63) is 0 Å². The molecule has 60 valence electrons. The fourth-order valence-electron chi connectivity index (χ4n) is 1.87. The Morgan fingerprint density at radius 3 is 2.30 bits per heavy atom. The van der Waals surface area contributed by atoms with Crippen molar-refractivity contribution in [1.29, 1.82) is 0 Å². The van der Waals surface area contributed by atoms with Crippen LogP contribution in [0.15, 0.2) is 0 Å². The lowest BCUT2D eigenvalue weighted by molar-refractivity contribution is 0.291. The maximum atomic E-state index is 3.33. The van der Waals surface area contributed by atoms with Gasteiger partial charge in [-0.05, 0) is 32.7 Å². The second-order valence-electron chi connectivity index (χ2n) is 3.48. The summed E-state index contributed by atoms with van der Waals surface area (Å²) in [6.07, 6.45) is 7.27. The molecule has 0 amide bonds. The lowest BCUT2D eigenvalue weighted by atomic mass is 9.85. The van der Waals surface area contributed by atoms with Crippen LogP contribution in [0.25, 0.3) is 0 Å². The van der Waals surface area contributed by atoms with E-state index in [4.69, 9.17) is 0 Å². The molecule has 0 spiro atoms. The molecule has 0 aromatic heterocycles. The van der Waals surface area contributed by atoms with E-state index in [2.05, 4.69) is 19.3 Å². The summed E-state index contributed by atoms with van der Waals surface area (Å²) >= 11 is 0. The summed E-state index contributed by atoms with van der Waals surface area (Å²) in [5, 5.41) is 3.33. The second kappa shape index (κ2) is 3.97. The monoisotopic (exact) mass is 141 g/mol. The molecule has 1 saturated carbocycles. The largest absolute Gasteiger partial charge is 0.317 e. The predicted octanol–water partition coefficient (Wildman–Crippen LogP) is 2.17. The van der Waals surface area contributed by atoms with E-state index >= 15 is 0 Å². The zero-order valence-corrected chi connectivity index (χ0v) is 7.19. The molecule has 1 atom stereocenters. The van der Waals surface area contributed by atoms with Gasteiger partial charge in [-0.25, -0.2) is 0 Å². The Bertz CT molecular complexity index is 84.7. The highest BCUT2D eigenvalue weighted by Gasteiger charge is 2.17. The molecule has 1 rings (SSSR count). The van der Waals surface area contributed by atoms with Gasteiger partial charge in [0.1, 0.15) is 0 Å². The highest BCUT2D eigenvalue weighted by atomic mass is 14.9. The lowest BCUT2D eigenvalue weighted by Gasteiger charge is -2.27. The van der Waals surface area contributed by atoms with Gasteiger partial charge in [-0.1, -0.05) is 19.3 Å². The summed E-state index contributed by atoms with van der Waals surface area (Å²) in [6, 6.07) is 0.736. The minimum Gasteiger partial charge on any atom is -0.317 e. The van der Waals surface area contributed by atoms with Crippen molar-refractivity contribution in [2.24, 2.45) is 5.92 Å². The fraction of sp³-hybridized carbons (Fsp3) is 1.00. The van der Waals surface area contributed by atoms with Crippen LogP contribution in [0.2, 0.25) is 0 Å². The highest BCUT2D eigenvalue weighted by molar-refractivity contribution is 4.74. The third-order valence-corrected chi connectivity index (χ3v) is 2.81. The molecule has 0 aromatic rings. The lowest BCUT2D eigenvalue weighted by Crippen LogP contribution is -2.31. The highest BCUT2D eigenvalue weighted by Crippen LogP contribution is 2.25. The van der Waals surface area contributed by atoms with Crippen LogP contribution >= 0.6 is 0 Å². The number of hydrogen-bond acceptors (Lipinski definition) is 1. The van der Waals surface area contributed by atoms with E-state index in [9.17, 15) is 0 Å². The molecule has 1 heteroatoms. The molecule has 1 fully saturated rings. The van der Waals surface area contributed by atoms with E-state index in [0.717, 1.165) is 12.0 Å². The maximum absolute atomic E-state index is 3.33. The summed E-state index contributed by atoms with van der Waals surface area (Å²) in [5.74, 6) is 0.957. The van der Waals surface area contributed by atoms with Crippen LogP contribution in [0.4, 0.5) is 0 Å². The molecule has 0 aromatic carbocycles. The minimum absolute atomic E-state index is 0.736. The molecule has 1 N–H and O–H groups in total. The molecule has 0 bridgehead atoms. The summed E-state index contributed by atoms with van der Waals surface area (Å²) in [7, 11) is 2.07. The molecular weight excluding hydrogens is 122 g/mol. The average Bonchev–Trinajstić information content (AvgIpc) is 2.05. The van der Waals surface area contributed by atoms with Gasteiger partial charge in [0.05, 0.1) is 0 Å². The van der Waals surface area contributed by atoms with Gasteiger partial charge < -0.3 is 5.32 Å². The zero-order valence-electron chi connectivity index (χ0n) is 7.19. The summed E-state index contributed by atoms with van der Waals surface area (Å²) < 4.78 is 0. The van der Waals surface area contributed by atoms with Crippen LogP contribution in [0.1, 0.15) is 39.0 Å². The van der Waals surface area contributed by atoms with Crippen molar-refractivity contribution in [3.63, 3.8) is 0 Å². The van der Waals surface area contributed by atoms with Crippen molar-refractivity contribution in [1.82, 2.24) is 5.32 Å². The topological polar surface area (TPSA) is 12.0 Å². The van der Waals surface area contributed by atoms with E-state index in [1.807, 2.05) is 0 Å². The first kappa shape index (κ1) is 8.06. The maximum Gasteiger partial charge on any atom is 0.00639 e. The van der Waals surface area contributed by atoms with Gasteiger partial charge in [0, 0.05) is 6.04 Å². The SMILES string of the molecule is CN[C@@H](C)C1CCCCC1. The summed E-state index contributed by atoms with van der Waals surface area (Å²) in [5.41, 5.74) is 0. The van der Waals surface area contributed by atoms with Crippen molar-refractivity contribution in [2.75, 3.05) is 7.05 Å². The minimum atomic E-state index is 0.736. The Kier molecular flexibility index (Phi) is 3.20. The Morgan fingerprint density at radius 2 is 1.80 bits per heavy atom. The van der Waals surface area contributed by atoms with Crippen LogP contribution in [0, 0.1) is 5.92 Å².